The van der Waals surface area contributed by atoms with Crippen LogP contribution in [0.25, 0.3) is 0 Å². The first kappa shape index (κ1) is 22.8. The Balaban J connectivity index is 1.77. The average Bonchev–Trinajstić information content (AvgIpc) is 2.76. The van der Waals surface area contributed by atoms with Crippen LogP contribution in [0.15, 0.2) is 47.4 Å². The van der Waals surface area contributed by atoms with Crippen molar-refractivity contribution in [3.63, 3.8) is 0 Å². The van der Waals surface area contributed by atoms with E-state index in [0.717, 1.165) is 50.0 Å². The third-order valence-corrected chi connectivity index (χ3v) is 7.69. The highest BCUT2D eigenvalue weighted by molar-refractivity contribution is 7.86. The van der Waals surface area contributed by atoms with Crippen molar-refractivity contribution in [2.45, 2.75) is 63.3 Å². The normalized spacial score (nSPS) is 20.4. The van der Waals surface area contributed by atoms with E-state index in [-0.39, 0.29) is 17.5 Å². The van der Waals surface area contributed by atoms with Crippen LogP contribution in [0.5, 0.6) is 0 Å². The number of anilines is 1. The molecule has 2 unspecified atom stereocenters. The molecule has 0 radical (unpaired) electrons. The zero-order valence-corrected chi connectivity index (χ0v) is 19.1. The Kier molecular flexibility index (Phi) is 7.55. The number of hydrogen-bond acceptors (Lipinski definition) is 5. The van der Waals surface area contributed by atoms with Crippen molar-refractivity contribution in [1.82, 2.24) is 4.90 Å². The van der Waals surface area contributed by atoms with E-state index in [1.807, 2.05) is 6.07 Å². The van der Waals surface area contributed by atoms with Crippen LogP contribution in [-0.2, 0) is 14.3 Å². The van der Waals surface area contributed by atoms with Gasteiger partial charge in [-0.1, -0.05) is 37.6 Å². The molecule has 0 bridgehead atoms. The van der Waals surface area contributed by atoms with Crippen LogP contribution in [0.3, 0.4) is 0 Å². The number of piperidine rings is 1. The standard InChI is InChI=1S/C24H34N2O3S/c1-4-5-14-26-15-13-20(23-11-12-24(25)19(3)18(23)2)16-21(26)17-29-30(27,28)22-9-7-6-8-10-22/h6-12,20-21H,4-5,13-17,25H2,1-3H3. The lowest BCUT2D eigenvalue weighted by Gasteiger charge is -2.40. The fourth-order valence-corrected chi connectivity index (χ4v) is 5.30. The Morgan fingerprint density at radius 2 is 1.83 bits per heavy atom. The molecular weight excluding hydrogens is 396 g/mol. The molecule has 3 rings (SSSR count). The molecule has 0 saturated carbocycles. The number of likely N-dealkylation sites (tertiary alicyclic amines) is 1. The molecule has 164 valence electrons. The van der Waals surface area contributed by atoms with Crippen molar-refractivity contribution in [1.29, 1.82) is 0 Å². The monoisotopic (exact) mass is 430 g/mol. The van der Waals surface area contributed by atoms with Crippen molar-refractivity contribution in [2.24, 2.45) is 0 Å². The zero-order chi connectivity index (χ0) is 21.7. The maximum absolute atomic E-state index is 12.6. The van der Waals surface area contributed by atoms with Crippen LogP contribution in [-0.4, -0.2) is 39.1 Å². The minimum absolute atomic E-state index is 0.0750. The third kappa shape index (κ3) is 5.23. The highest BCUT2D eigenvalue weighted by atomic mass is 32.2. The summed E-state index contributed by atoms with van der Waals surface area (Å²) >= 11 is 0. The van der Waals surface area contributed by atoms with Gasteiger partial charge in [-0.2, -0.15) is 8.42 Å². The first-order valence-electron chi connectivity index (χ1n) is 10.9. The van der Waals surface area contributed by atoms with E-state index in [1.54, 1.807) is 30.3 Å². The average molecular weight is 431 g/mol. The SMILES string of the molecule is CCCCN1CCC(c2ccc(N)c(C)c2C)CC1COS(=O)(=O)c1ccccc1. The number of hydrogen-bond donors (Lipinski definition) is 1. The van der Waals surface area contributed by atoms with Gasteiger partial charge in [0.2, 0.25) is 0 Å². The lowest BCUT2D eigenvalue weighted by molar-refractivity contribution is 0.0907. The van der Waals surface area contributed by atoms with Gasteiger partial charge >= 0.3 is 0 Å². The van der Waals surface area contributed by atoms with E-state index in [2.05, 4.69) is 31.7 Å². The predicted molar refractivity (Wildman–Crippen MR) is 122 cm³/mol. The number of unbranched alkanes of at least 4 members (excludes halogenated alkanes) is 1. The maximum Gasteiger partial charge on any atom is 0.297 e. The van der Waals surface area contributed by atoms with Gasteiger partial charge < -0.3 is 5.73 Å². The van der Waals surface area contributed by atoms with Gasteiger partial charge in [0, 0.05) is 11.7 Å². The van der Waals surface area contributed by atoms with Gasteiger partial charge in [-0.25, -0.2) is 0 Å². The summed E-state index contributed by atoms with van der Waals surface area (Å²) in [6, 6.07) is 12.6. The molecule has 30 heavy (non-hydrogen) atoms. The van der Waals surface area contributed by atoms with E-state index < -0.39 is 10.1 Å². The zero-order valence-electron chi connectivity index (χ0n) is 18.3. The molecule has 2 atom stereocenters. The molecule has 1 aliphatic rings. The Hall–Kier alpha value is -1.89. The van der Waals surface area contributed by atoms with E-state index in [1.165, 1.54) is 11.1 Å². The fraction of sp³-hybridized carbons (Fsp3) is 0.500. The van der Waals surface area contributed by atoms with Gasteiger partial charge in [-0.3, -0.25) is 9.08 Å². The Bertz CT molecular complexity index is 944. The van der Waals surface area contributed by atoms with Gasteiger partial charge in [0.05, 0.1) is 11.5 Å². The van der Waals surface area contributed by atoms with Crippen molar-refractivity contribution in [3.8, 4) is 0 Å². The lowest BCUT2D eigenvalue weighted by atomic mass is 9.82. The second-order valence-electron chi connectivity index (χ2n) is 8.31. The Morgan fingerprint density at radius 3 is 2.53 bits per heavy atom. The molecule has 1 saturated heterocycles. The topological polar surface area (TPSA) is 72.6 Å². The van der Waals surface area contributed by atoms with Crippen LogP contribution in [0.2, 0.25) is 0 Å². The summed E-state index contributed by atoms with van der Waals surface area (Å²) in [5, 5.41) is 0. The summed E-state index contributed by atoms with van der Waals surface area (Å²) in [6.07, 6.45) is 4.17. The van der Waals surface area contributed by atoms with Crippen molar-refractivity contribution in [3.05, 3.63) is 59.2 Å². The smallest absolute Gasteiger partial charge is 0.297 e. The molecule has 0 aromatic heterocycles. The number of nitrogen functional groups attached to an aromatic ring is 1. The number of nitrogens with two attached hydrogens (primary N) is 1. The second-order valence-corrected chi connectivity index (χ2v) is 9.93. The van der Waals surface area contributed by atoms with E-state index in [9.17, 15) is 8.42 Å². The molecule has 0 aliphatic carbocycles. The highest BCUT2D eigenvalue weighted by Crippen LogP contribution is 2.36. The van der Waals surface area contributed by atoms with Crippen LogP contribution in [0, 0.1) is 13.8 Å². The molecule has 0 spiro atoms. The fourth-order valence-electron chi connectivity index (χ4n) is 4.34. The molecule has 1 fully saturated rings. The summed E-state index contributed by atoms with van der Waals surface area (Å²) in [7, 11) is -3.75. The van der Waals surface area contributed by atoms with E-state index in [4.69, 9.17) is 9.92 Å². The van der Waals surface area contributed by atoms with Gasteiger partial charge in [0.15, 0.2) is 0 Å². The van der Waals surface area contributed by atoms with Crippen LogP contribution in [0.4, 0.5) is 5.69 Å². The van der Waals surface area contributed by atoms with Crippen molar-refractivity contribution >= 4 is 15.8 Å². The largest absolute Gasteiger partial charge is 0.399 e. The van der Waals surface area contributed by atoms with Crippen LogP contribution < -0.4 is 5.73 Å². The minimum Gasteiger partial charge on any atom is -0.399 e. The predicted octanol–water partition coefficient (Wildman–Crippen LogP) is 4.64. The molecule has 1 aliphatic heterocycles. The van der Waals surface area contributed by atoms with Crippen molar-refractivity contribution < 1.29 is 12.6 Å². The number of benzene rings is 2. The summed E-state index contributed by atoms with van der Waals surface area (Å²) in [5.41, 5.74) is 10.6. The quantitative estimate of drug-likeness (QED) is 0.488. The van der Waals surface area contributed by atoms with E-state index in [0.29, 0.717) is 5.92 Å². The number of nitrogens with zero attached hydrogens (tertiary/aromatic N) is 1. The number of rotatable bonds is 8. The van der Waals surface area contributed by atoms with Gasteiger partial charge in [-0.05, 0) is 87.0 Å². The molecule has 6 heteroatoms. The summed E-state index contributed by atoms with van der Waals surface area (Å²) < 4.78 is 30.8. The molecule has 0 amide bonds. The van der Waals surface area contributed by atoms with Crippen LogP contribution >= 0.6 is 0 Å². The summed E-state index contributed by atoms with van der Waals surface area (Å²) in [4.78, 5) is 2.61. The maximum atomic E-state index is 12.6. The summed E-state index contributed by atoms with van der Waals surface area (Å²) in [6.45, 7) is 8.49. The third-order valence-electron chi connectivity index (χ3n) is 6.39. The lowest BCUT2D eigenvalue weighted by Crippen LogP contribution is -2.45. The summed E-state index contributed by atoms with van der Waals surface area (Å²) in [5.74, 6) is 0.384. The first-order valence-corrected chi connectivity index (χ1v) is 12.3. The first-order chi connectivity index (χ1) is 14.3. The Labute approximate surface area is 181 Å². The molecular formula is C24H34N2O3S. The highest BCUT2D eigenvalue weighted by Gasteiger charge is 2.31. The second kappa shape index (κ2) is 9.94. The molecule has 1 heterocycles. The van der Waals surface area contributed by atoms with Crippen molar-refractivity contribution in [2.75, 3.05) is 25.4 Å². The molecule has 2 aromatic rings. The van der Waals surface area contributed by atoms with Gasteiger partial charge in [-0.15, -0.1) is 0 Å². The van der Waals surface area contributed by atoms with Gasteiger partial charge in [0.1, 0.15) is 0 Å². The molecule has 2 N–H and O–H groups in total. The van der Waals surface area contributed by atoms with Gasteiger partial charge in [0.25, 0.3) is 10.1 Å². The Morgan fingerprint density at radius 1 is 1.10 bits per heavy atom. The molecule has 2 aromatic carbocycles. The minimum atomic E-state index is -3.75. The van der Waals surface area contributed by atoms with Crippen LogP contribution in [0.1, 0.15) is 55.2 Å². The van der Waals surface area contributed by atoms with E-state index >= 15 is 0 Å². The molecule has 5 nitrogen and oxygen atoms in total.